The van der Waals surface area contributed by atoms with Crippen molar-refractivity contribution in [2.75, 3.05) is 24.6 Å². The number of nitrogens with two attached hydrogens (primary N) is 1. The fourth-order valence-corrected chi connectivity index (χ4v) is 1.37. The Bertz CT molecular complexity index is 411. The van der Waals surface area contributed by atoms with Crippen LogP contribution in [-0.4, -0.2) is 30.4 Å². The molecule has 0 saturated carbocycles. The predicted octanol–water partition coefficient (Wildman–Crippen LogP) is 2.70. The molecule has 0 radical (unpaired) electrons. The van der Waals surface area contributed by atoms with Crippen LogP contribution in [0.1, 0.15) is 19.4 Å². The third kappa shape index (κ3) is 6.66. The van der Waals surface area contributed by atoms with Gasteiger partial charge in [-0.05, 0) is 45.5 Å². The Balaban J connectivity index is 0. The van der Waals surface area contributed by atoms with Crippen molar-refractivity contribution in [3.05, 3.63) is 23.8 Å². The standard InChI is InChI=1S/C13H21N3O.2ClH/c1-9(2)16(4)8-13(17)15-12-7-11(14)6-5-10(12)3;;/h5-7,9H,8,14H2,1-4H3,(H,15,17);2*1H. The summed E-state index contributed by atoms with van der Waals surface area (Å²) in [5.41, 5.74) is 8.14. The Morgan fingerprint density at radius 2 is 1.95 bits per heavy atom. The molecule has 1 aromatic carbocycles. The number of halogens is 2. The summed E-state index contributed by atoms with van der Waals surface area (Å²) in [6.45, 7) is 6.44. The van der Waals surface area contributed by atoms with Crippen molar-refractivity contribution in [3.8, 4) is 0 Å². The summed E-state index contributed by atoms with van der Waals surface area (Å²) in [4.78, 5) is 13.8. The molecule has 0 spiro atoms. The number of hydrogen-bond donors (Lipinski definition) is 2. The molecule has 1 amide bonds. The van der Waals surface area contributed by atoms with Crippen molar-refractivity contribution < 1.29 is 4.79 Å². The first-order valence-corrected chi connectivity index (χ1v) is 5.76. The van der Waals surface area contributed by atoms with E-state index in [0.29, 0.717) is 18.3 Å². The molecule has 0 fully saturated rings. The number of carbonyl (C=O) groups is 1. The second-order valence-corrected chi connectivity index (χ2v) is 4.63. The number of nitrogens with zero attached hydrogens (tertiary/aromatic N) is 1. The van der Waals surface area contributed by atoms with Gasteiger partial charge in [-0.25, -0.2) is 0 Å². The molecule has 1 aromatic rings. The molecule has 0 unspecified atom stereocenters. The van der Waals surface area contributed by atoms with Crippen molar-refractivity contribution in [3.63, 3.8) is 0 Å². The molecule has 3 N–H and O–H groups in total. The molecule has 0 aliphatic rings. The van der Waals surface area contributed by atoms with Gasteiger partial charge in [-0.1, -0.05) is 6.07 Å². The zero-order chi connectivity index (χ0) is 13.0. The van der Waals surface area contributed by atoms with E-state index in [1.54, 1.807) is 6.07 Å². The minimum atomic E-state index is -0.0186. The lowest BCUT2D eigenvalue weighted by Gasteiger charge is -2.20. The smallest absolute Gasteiger partial charge is 0.238 e. The van der Waals surface area contributed by atoms with Crippen LogP contribution in [0.3, 0.4) is 0 Å². The largest absolute Gasteiger partial charge is 0.399 e. The summed E-state index contributed by atoms with van der Waals surface area (Å²) in [6.07, 6.45) is 0. The SMILES string of the molecule is Cc1ccc(N)cc1NC(=O)CN(C)C(C)C.Cl.Cl. The van der Waals surface area contributed by atoms with E-state index in [1.165, 1.54) is 0 Å². The van der Waals surface area contributed by atoms with Crippen molar-refractivity contribution in [2.24, 2.45) is 0 Å². The number of anilines is 2. The Morgan fingerprint density at radius 3 is 2.47 bits per heavy atom. The molecule has 19 heavy (non-hydrogen) atoms. The van der Waals surface area contributed by atoms with Crippen molar-refractivity contribution in [1.29, 1.82) is 0 Å². The van der Waals surface area contributed by atoms with E-state index in [-0.39, 0.29) is 30.7 Å². The average Bonchev–Trinajstić information content (AvgIpc) is 2.23. The lowest BCUT2D eigenvalue weighted by Crippen LogP contribution is -2.34. The molecule has 110 valence electrons. The molecule has 0 heterocycles. The molecule has 0 aromatic heterocycles. The minimum Gasteiger partial charge on any atom is -0.399 e. The van der Waals surface area contributed by atoms with Gasteiger partial charge in [0.05, 0.1) is 6.54 Å². The summed E-state index contributed by atoms with van der Waals surface area (Å²) in [6, 6.07) is 5.85. The first-order chi connectivity index (χ1) is 7.90. The highest BCUT2D eigenvalue weighted by molar-refractivity contribution is 5.93. The normalized spacial score (nSPS) is 9.79. The van der Waals surface area contributed by atoms with E-state index in [2.05, 4.69) is 19.2 Å². The van der Waals surface area contributed by atoms with E-state index in [9.17, 15) is 4.79 Å². The predicted molar refractivity (Wildman–Crippen MR) is 86.5 cm³/mol. The van der Waals surface area contributed by atoms with Crippen molar-refractivity contribution in [2.45, 2.75) is 26.8 Å². The maximum absolute atomic E-state index is 11.8. The number of hydrogen-bond acceptors (Lipinski definition) is 3. The summed E-state index contributed by atoms with van der Waals surface area (Å²) in [7, 11) is 1.93. The molecule has 0 atom stereocenters. The number of aryl methyl sites for hydroxylation is 1. The zero-order valence-electron chi connectivity index (χ0n) is 11.8. The molecule has 0 saturated heterocycles. The first kappa shape index (κ1) is 20.3. The van der Waals surface area contributed by atoms with Gasteiger partial charge in [-0.15, -0.1) is 24.8 Å². The van der Waals surface area contributed by atoms with Gasteiger partial charge in [-0.2, -0.15) is 0 Å². The third-order valence-electron chi connectivity index (χ3n) is 2.81. The molecule has 1 rings (SSSR count). The van der Waals surface area contributed by atoms with E-state index in [0.717, 1.165) is 11.3 Å². The van der Waals surface area contributed by atoms with E-state index in [4.69, 9.17) is 5.73 Å². The van der Waals surface area contributed by atoms with Crippen LogP contribution in [0.15, 0.2) is 18.2 Å². The fourth-order valence-electron chi connectivity index (χ4n) is 1.37. The molecule has 0 aliphatic heterocycles. The maximum Gasteiger partial charge on any atom is 0.238 e. The summed E-state index contributed by atoms with van der Waals surface area (Å²) in [5, 5.41) is 2.88. The summed E-state index contributed by atoms with van der Waals surface area (Å²) in [5.74, 6) is -0.0186. The van der Waals surface area contributed by atoms with Crippen LogP contribution >= 0.6 is 24.8 Å². The molecule has 6 heteroatoms. The minimum absolute atomic E-state index is 0. The Kier molecular flexibility index (Phi) is 9.66. The van der Waals surface area contributed by atoms with E-state index >= 15 is 0 Å². The van der Waals surface area contributed by atoms with E-state index < -0.39 is 0 Å². The van der Waals surface area contributed by atoms with Gasteiger partial charge in [0.1, 0.15) is 0 Å². The molecule has 0 aliphatic carbocycles. The number of nitrogen functional groups attached to an aromatic ring is 1. The van der Waals surface area contributed by atoms with Crippen LogP contribution in [0, 0.1) is 6.92 Å². The highest BCUT2D eigenvalue weighted by Gasteiger charge is 2.10. The Hall–Kier alpha value is -0.970. The number of nitrogens with one attached hydrogen (secondary N) is 1. The number of amides is 1. The second kappa shape index (κ2) is 9.02. The average molecular weight is 308 g/mol. The Labute approximate surface area is 127 Å². The lowest BCUT2D eigenvalue weighted by atomic mass is 10.2. The lowest BCUT2D eigenvalue weighted by molar-refractivity contribution is -0.117. The topological polar surface area (TPSA) is 58.4 Å². The van der Waals surface area contributed by atoms with Crippen molar-refractivity contribution >= 4 is 42.1 Å². The fraction of sp³-hybridized carbons (Fsp3) is 0.462. The van der Waals surface area contributed by atoms with Crippen molar-refractivity contribution in [1.82, 2.24) is 4.90 Å². The van der Waals surface area contributed by atoms with E-state index in [1.807, 2.05) is 31.0 Å². The van der Waals surface area contributed by atoms with Gasteiger partial charge >= 0.3 is 0 Å². The van der Waals surface area contributed by atoms with Gasteiger partial charge in [0, 0.05) is 17.4 Å². The molecular weight excluding hydrogens is 285 g/mol. The molecule has 0 bridgehead atoms. The number of rotatable bonds is 4. The third-order valence-corrected chi connectivity index (χ3v) is 2.81. The van der Waals surface area contributed by atoms with Crippen LogP contribution in [0.25, 0.3) is 0 Å². The number of benzene rings is 1. The molecular formula is C13H23Cl2N3O. The van der Waals surface area contributed by atoms with Crippen LogP contribution in [-0.2, 0) is 4.79 Å². The summed E-state index contributed by atoms with van der Waals surface area (Å²) < 4.78 is 0. The quantitative estimate of drug-likeness (QED) is 0.841. The van der Waals surface area contributed by atoms with Crippen LogP contribution in [0.5, 0.6) is 0 Å². The van der Waals surface area contributed by atoms with Crippen LogP contribution < -0.4 is 11.1 Å². The zero-order valence-corrected chi connectivity index (χ0v) is 13.4. The molecule has 4 nitrogen and oxygen atoms in total. The van der Waals surface area contributed by atoms with Gasteiger partial charge in [0.2, 0.25) is 5.91 Å². The Morgan fingerprint density at radius 1 is 1.37 bits per heavy atom. The van der Waals surface area contributed by atoms with Gasteiger partial charge in [-0.3, -0.25) is 9.69 Å². The number of carbonyl (C=O) groups excluding carboxylic acids is 1. The number of likely N-dealkylation sites (N-methyl/N-ethyl adjacent to an activating group) is 1. The van der Waals surface area contributed by atoms with Gasteiger partial charge < -0.3 is 11.1 Å². The highest BCUT2D eigenvalue weighted by Crippen LogP contribution is 2.17. The van der Waals surface area contributed by atoms with Crippen LogP contribution in [0.4, 0.5) is 11.4 Å². The first-order valence-electron chi connectivity index (χ1n) is 5.76. The monoisotopic (exact) mass is 307 g/mol. The maximum atomic E-state index is 11.8. The summed E-state index contributed by atoms with van der Waals surface area (Å²) >= 11 is 0. The van der Waals surface area contributed by atoms with Gasteiger partial charge in [0.15, 0.2) is 0 Å². The van der Waals surface area contributed by atoms with Gasteiger partial charge in [0.25, 0.3) is 0 Å². The van der Waals surface area contributed by atoms with Crippen LogP contribution in [0.2, 0.25) is 0 Å². The highest BCUT2D eigenvalue weighted by atomic mass is 35.5. The second-order valence-electron chi connectivity index (χ2n) is 4.63.